The van der Waals surface area contributed by atoms with Gasteiger partial charge in [0.05, 0.1) is 17.1 Å². The molecule has 0 unspecified atom stereocenters. The van der Waals surface area contributed by atoms with Crippen LogP contribution in [0, 0.1) is 16.0 Å². The number of ether oxygens (including phenoxy) is 1. The van der Waals surface area contributed by atoms with Gasteiger partial charge in [0.1, 0.15) is 5.02 Å². The average molecular weight is 313 g/mol. The van der Waals surface area contributed by atoms with Gasteiger partial charge in [-0.1, -0.05) is 17.7 Å². The summed E-state index contributed by atoms with van der Waals surface area (Å²) in [7, 11) is 1.62. The summed E-state index contributed by atoms with van der Waals surface area (Å²) >= 11 is 5.93. The highest BCUT2D eigenvalue weighted by molar-refractivity contribution is 6.35. The van der Waals surface area contributed by atoms with E-state index in [1.807, 2.05) is 0 Å². The minimum absolute atomic E-state index is 0.127. The lowest BCUT2D eigenvalue weighted by Gasteiger charge is -2.17. The molecule has 21 heavy (non-hydrogen) atoms. The van der Waals surface area contributed by atoms with Gasteiger partial charge in [0, 0.05) is 26.3 Å². The van der Waals surface area contributed by atoms with E-state index in [9.17, 15) is 14.9 Å². The zero-order valence-corrected chi connectivity index (χ0v) is 12.5. The molecule has 0 aliphatic heterocycles. The van der Waals surface area contributed by atoms with Crippen molar-refractivity contribution in [2.45, 2.75) is 12.8 Å². The number of nitro benzene ring substituents is 1. The van der Waals surface area contributed by atoms with Crippen molar-refractivity contribution in [2.24, 2.45) is 5.92 Å². The average Bonchev–Trinajstić information content (AvgIpc) is 3.26. The predicted octanol–water partition coefficient (Wildman–Crippen LogP) is 2.75. The fourth-order valence-electron chi connectivity index (χ4n) is 1.87. The number of hydrogen-bond donors (Lipinski definition) is 0. The zero-order valence-electron chi connectivity index (χ0n) is 11.8. The van der Waals surface area contributed by atoms with Crippen molar-refractivity contribution in [3.05, 3.63) is 38.9 Å². The van der Waals surface area contributed by atoms with E-state index >= 15 is 0 Å². The van der Waals surface area contributed by atoms with Gasteiger partial charge in [-0.15, -0.1) is 0 Å². The summed E-state index contributed by atoms with van der Waals surface area (Å²) in [4.78, 5) is 23.9. The van der Waals surface area contributed by atoms with Gasteiger partial charge >= 0.3 is 0 Å². The van der Waals surface area contributed by atoms with E-state index in [0.717, 1.165) is 6.61 Å². The third kappa shape index (κ3) is 4.15. The highest BCUT2D eigenvalue weighted by Gasteiger charge is 2.23. The summed E-state index contributed by atoms with van der Waals surface area (Å²) in [6.07, 6.45) is 2.44. The number of carbonyl (C=O) groups excluding carboxylic acids is 1. The third-order valence-corrected chi connectivity index (χ3v) is 3.77. The first-order valence-corrected chi connectivity index (χ1v) is 7.14. The second-order valence-electron chi connectivity index (χ2n) is 5.14. The molecule has 1 saturated carbocycles. The molecule has 2 rings (SSSR count). The molecule has 1 aliphatic carbocycles. The Balaban J connectivity index is 1.94. The Morgan fingerprint density at radius 2 is 2.24 bits per heavy atom. The van der Waals surface area contributed by atoms with Crippen LogP contribution in [-0.4, -0.2) is 42.5 Å². The van der Waals surface area contributed by atoms with Crippen LogP contribution in [0.2, 0.25) is 5.02 Å². The smallest absolute Gasteiger partial charge is 0.288 e. The van der Waals surface area contributed by atoms with Gasteiger partial charge in [-0.2, -0.15) is 0 Å². The molecule has 1 amide bonds. The Morgan fingerprint density at radius 3 is 2.86 bits per heavy atom. The van der Waals surface area contributed by atoms with Crippen LogP contribution in [0.15, 0.2) is 18.2 Å². The van der Waals surface area contributed by atoms with Gasteiger partial charge < -0.3 is 9.64 Å². The number of halogens is 1. The van der Waals surface area contributed by atoms with Gasteiger partial charge in [0.15, 0.2) is 0 Å². The number of nitrogens with zero attached hydrogens (tertiary/aromatic N) is 2. The van der Waals surface area contributed by atoms with Crippen LogP contribution in [0.4, 0.5) is 5.69 Å². The molecule has 6 nitrogen and oxygen atoms in total. The Kier molecular flexibility index (Phi) is 5.14. The molecule has 0 saturated heterocycles. The van der Waals surface area contributed by atoms with Crippen molar-refractivity contribution >= 4 is 23.2 Å². The lowest BCUT2D eigenvalue weighted by Crippen LogP contribution is -2.30. The van der Waals surface area contributed by atoms with E-state index in [2.05, 4.69) is 0 Å². The SMILES string of the molecule is CN(CCOCC1CC1)C(=O)c1cccc([N+](=O)[O-])c1Cl. The van der Waals surface area contributed by atoms with Crippen LogP contribution in [0.3, 0.4) is 0 Å². The second-order valence-corrected chi connectivity index (χ2v) is 5.52. The summed E-state index contributed by atoms with van der Waals surface area (Å²) in [5, 5.41) is 10.7. The van der Waals surface area contributed by atoms with Gasteiger partial charge in [-0.05, 0) is 24.8 Å². The molecule has 0 spiro atoms. The molecular formula is C14H17ClN2O4. The lowest BCUT2D eigenvalue weighted by molar-refractivity contribution is -0.384. The summed E-state index contributed by atoms with van der Waals surface area (Å²) in [6, 6.07) is 4.21. The van der Waals surface area contributed by atoms with Crippen LogP contribution < -0.4 is 0 Å². The number of rotatable bonds is 7. The fraction of sp³-hybridized carbons (Fsp3) is 0.500. The maximum Gasteiger partial charge on any atom is 0.288 e. The molecular weight excluding hydrogens is 296 g/mol. The molecule has 1 fully saturated rings. The Morgan fingerprint density at radius 1 is 1.52 bits per heavy atom. The van der Waals surface area contributed by atoms with E-state index in [0.29, 0.717) is 19.1 Å². The van der Waals surface area contributed by atoms with Crippen LogP contribution in [-0.2, 0) is 4.74 Å². The number of benzene rings is 1. The van der Waals surface area contributed by atoms with E-state index in [1.165, 1.54) is 35.9 Å². The maximum absolute atomic E-state index is 12.2. The molecule has 0 heterocycles. The largest absolute Gasteiger partial charge is 0.379 e. The van der Waals surface area contributed by atoms with E-state index in [1.54, 1.807) is 7.05 Å². The highest BCUT2D eigenvalue weighted by atomic mass is 35.5. The van der Waals surface area contributed by atoms with Gasteiger partial charge in [0.25, 0.3) is 11.6 Å². The first-order valence-electron chi connectivity index (χ1n) is 6.77. The van der Waals surface area contributed by atoms with E-state index in [-0.39, 0.29) is 22.2 Å². The summed E-state index contributed by atoms with van der Waals surface area (Å²) < 4.78 is 5.47. The maximum atomic E-state index is 12.2. The van der Waals surface area contributed by atoms with E-state index < -0.39 is 4.92 Å². The molecule has 0 aromatic heterocycles. The molecule has 0 bridgehead atoms. The summed E-state index contributed by atoms with van der Waals surface area (Å²) in [5.74, 6) is 0.330. The van der Waals surface area contributed by atoms with Crippen LogP contribution in [0.25, 0.3) is 0 Å². The van der Waals surface area contributed by atoms with Crippen molar-refractivity contribution in [3.8, 4) is 0 Å². The predicted molar refractivity (Wildman–Crippen MR) is 78.6 cm³/mol. The normalized spacial score (nSPS) is 14.0. The van der Waals surface area contributed by atoms with Crippen molar-refractivity contribution in [1.82, 2.24) is 4.90 Å². The van der Waals surface area contributed by atoms with Crippen molar-refractivity contribution in [1.29, 1.82) is 0 Å². The number of likely N-dealkylation sites (N-methyl/N-ethyl adjacent to an activating group) is 1. The first-order chi connectivity index (χ1) is 10.0. The van der Waals surface area contributed by atoms with Crippen molar-refractivity contribution in [3.63, 3.8) is 0 Å². The third-order valence-electron chi connectivity index (χ3n) is 3.37. The molecule has 0 N–H and O–H groups in total. The lowest BCUT2D eigenvalue weighted by atomic mass is 10.1. The number of carbonyl (C=O) groups is 1. The topological polar surface area (TPSA) is 72.7 Å². The molecule has 0 radical (unpaired) electrons. The quantitative estimate of drug-likeness (QED) is 0.441. The first kappa shape index (κ1) is 15.7. The molecule has 1 aromatic rings. The van der Waals surface area contributed by atoms with Crippen LogP contribution in [0.1, 0.15) is 23.2 Å². The van der Waals surface area contributed by atoms with Gasteiger partial charge in [0.2, 0.25) is 0 Å². The molecule has 0 atom stereocenters. The highest BCUT2D eigenvalue weighted by Crippen LogP contribution is 2.29. The number of amides is 1. The zero-order chi connectivity index (χ0) is 15.4. The van der Waals surface area contributed by atoms with E-state index in [4.69, 9.17) is 16.3 Å². The summed E-state index contributed by atoms with van der Waals surface area (Å²) in [5.41, 5.74) is -0.128. The Labute approximate surface area is 127 Å². The van der Waals surface area contributed by atoms with Gasteiger partial charge in [-0.25, -0.2) is 0 Å². The number of hydrogen-bond acceptors (Lipinski definition) is 4. The standard InChI is InChI=1S/C14H17ClN2O4/c1-16(7-8-21-9-10-5-6-10)14(18)11-3-2-4-12(13(11)15)17(19)20/h2-4,10H,5-9H2,1H3. The molecule has 1 aromatic carbocycles. The molecule has 1 aliphatic rings. The number of nitro groups is 1. The minimum atomic E-state index is -0.599. The van der Waals surface area contributed by atoms with Gasteiger partial charge in [-0.3, -0.25) is 14.9 Å². The monoisotopic (exact) mass is 312 g/mol. The Bertz CT molecular complexity index is 546. The van der Waals surface area contributed by atoms with Crippen molar-refractivity contribution < 1.29 is 14.5 Å². The fourth-order valence-corrected chi connectivity index (χ4v) is 2.14. The Hall–Kier alpha value is -1.66. The minimum Gasteiger partial charge on any atom is -0.379 e. The second kappa shape index (κ2) is 6.87. The van der Waals surface area contributed by atoms with Crippen LogP contribution >= 0.6 is 11.6 Å². The van der Waals surface area contributed by atoms with Crippen molar-refractivity contribution in [2.75, 3.05) is 26.8 Å². The van der Waals surface area contributed by atoms with Crippen LogP contribution in [0.5, 0.6) is 0 Å². The summed E-state index contributed by atoms with van der Waals surface area (Å²) in [6.45, 7) is 1.61. The molecule has 7 heteroatoms. The molecule has 114 valence electrons.